The highest BCUT2D eigenvalue weighted by atomic mass is 35.5. The van der Waals surface area contributed by atoms with Gasteiger partial charge in [0, 0.05) is 25.2 Å². The van der Waals surface area contributed by atoms with Crippen LogP contribution in [-0.2, 0) is 0 Å². The summed E-state index contributed by atoms with van der Waals surface area (Å²) in [5.41, 5.74) is 0. The molecule has 0 bridgehead atoms. The maximum Gasteiger partial charge on any atom is 0.00938 e. The number of rotatable bonds is 3. The van der Waals surface area contributed by atoms with Gasteiger partial charge in [-0.15, -0.1) is 24.8 Å². The molecule has 2 aliphatic rings. The standard InChI is InChI=1S/C8H16N2.2ClH/c1-6(7-4-9-5-7)10-8-2-3-8;;/h6-10H,2-5H2,1H3;2*1H/t6-;;/m1../s1. The number of hydrogen-bond acceptors (Lipinski definition) is 2. The molecule has 0 amide bonds. The monoisotopic (exact) mass is 212 g/mol. The van der Waals surface area contributed by atoms with Crippen LogP contribution < -0.4 is 10.6 Å². The summed E-state index contributed by atoms with van der Waals surface area (Å²) >= 11 is 0. The molecule has 2 N–H and O–H groups in total. The summed E-state index contributed by atoms with van der Waals surface area (Å²) in [6, 6.07) is 1.62. The van der Waals surface area contributed by atoms with Crippen LogP contribution in [0.4, 0.5) is 0 Å². The summed E-state index contributed by atoms with van der Waals surface area (Å²) in [5.74, 6) is 0.903. The molecule has 1 atom stereocenters. The molecule has 0 spiro atoms. The zero-order valence-electron chi connectivity index (χ0n) is 7.38. The summed E-state index contributed by atoms with van der Waals surface area (Å²) in [5, 5.41) is 6.91. The van der Waals surface area contributed by atoms with Crippen molar-refractivity contribution in [3.05, 3.63) is 0 Å². The van der Waals surface area contributed by atoms with Crippen molar-refractivity contribution in [3.63, 3.8) is 0 Å². The lowest BCUT2D eigenvalue weighted by Crippen LogP contribution is -2.52. The van der Waals surface area contributed by atoms with Crippen LogP contribution in [0.3, 0.4) is 0 Å². The molecule has 1 saturated heterocycles. The Labute approximate surface area is 86.7 Å². The van der Waals surface area contributed by atoms with Gasteiger partial charge in [-0.25, -0.2) is 0 Å². The smallest absolute Gasteiger partial charge is 0.00938 e. The Morgan fingerprint density at radius 1 is 1.25 bits per heavy atom. The normalized spacial score (nSPS) is 24.8. The van der Waals surface area contributed by atoms with Gasteiger partial charge in [-0.3, -0.25) is 0 Å². The molecular formula is C8H18Cl2N2. The molecule has 0 aromatic carbocycles. The molecule has 0 aromatic rings. The largest absolute Gasteiger partial charge is 0.316 e. The van der Waals surface area contributed by atoms with Crippen LogP contribution in [0.1, 0.15) is 19.8 Å². The first kappa shape index (κ1) is 12.5. The number of halogens is 2. The lowest BCUT2D eigenvalue weighted by Gasteiger charge is -2.33. The average Bonchev–Trinajstić information content (AvgIpc) is 2.43. The first-order valence-corrected chi connectivity index (χ1v) is 4.33. The molecule has 0 aromatic heterocycles. The van der Waals surface area contributed by atoms with Gasteiger partial charge in [-0.2, -0.15) is 0 Å². The fraction of sp³-hybridized carbons (Fsp3) is 1.00. The van der Waals surface area contributed by atoms with Gasteiger partial charge in [-0.1, -0.05) is 0 Å². The fourth-order valence-electron chi connectivity index (χ4n) is 1.42. The Hall–Kier alpha value is 0.500. The molecular weight excluding hydrogens is 195 g/mol. The zero-order valence-corrected chi connectivity index (χ0v) is 9.01. The summed E-state index contributed by atoms with van der Waals surface area (Å²) < 4.78 is 0. The van der Waals surface area contributed by atoms with Crippen molar-refractivity contribution in [2.75, 3.05) is 13.1 Å². The molecule has 2 fully saturated rings. The van der Waals surface area contributed by atoms with E-state index in [9.17, 15) is 0 Å². The van der Waals surface area contributed by atoms with Crippen molar-refractivity contribution in [2.24, 2.45) is 5.92 Å². The van der Waals surface area contributed by atoms with E-state index in [-0.39, 0.29) is 24.8 Å². The molecule has 2 nitrogen and oxygen atoms in total. The quantitative estimate of drug-likeness (QED) is 0.735. The molecule has 0 unspecified atom stereocenters. The third-order valence-corrected chi connectivity index (χ3v) is 2.60. The minimum Gasteiger partial charge on any atom is -0.316 e. The predicted molar refractivity (Wildman–Crippen MR) is 56.5 cm³/mol. The molecule has 1 aliphatic carbocycles. The zero-order chi connectivity index (χ0) is 6.97. The lowest BCUT2D eigenvalue weighted by molar-refractivity contribution is 0.267. The number of hydrogen-bond donors (Lipinski definition) is 2. The Kier molecular flexibility index (Phi) is 5.50. The van der Waals surface area contributed by atoms with Crippen LogP contribution >= 0.6 is 24.8 Å². The predicted octanol–water partition coefficient (Wildman–Crippen LogP) is 1.19. The second kappa shape index (κ2) is 5.28. The van der Waals surface area contributed by atoms with Gasteiger partial charge in [0.05, 0.1) is 0 Å². The van der Waals surface area contributed by atoms with Gasteiger partial charge in [0.2, 0.25) is 0 Å². The van der Waals surface area contributed by atoms with Gasteiger partial charge in [0.1, 0.15) is 0 Å². The van der Waals surface area contributed by atoms with Crippen molar-refractivity contribution in [1.82, 2.24) is 10.6 Å². The van der Waals surface area contributed by atoms with Gasteiger partial charge in [-0.05, 0) is 25.7 Å². The highest BCUT2D eigenvalue weighted by molar-refractivity contribution is 5.85. The third-order valence-electron chi connectivity index (χ3n) is 2.60. The second-order valence-corrected chi connectivity index (χ2v) is 3.65. The Morgan fingerprint density at radius 2 is 1.83 bits per heavy atom. The molecule has 2 rings (SSSR count). The fourth-order valence-corrected chi connectivity index (χ4v) is 1.42. The van der Waals surface area contributed by atoms with Crippen molar-refractivity contribution in [2.45, 2.75) is 31.8 Å². The van der Waals surface area contributed by atoms with Gasteiger partial charge >= 0.3 is 0 Å². The van der Waals surface area contributed by atoms with E-state index in [0.29, 0.717) is 0 Å². The highest BCUT2D eigenvalue weighted by Crippen LogP contribution is 2.21. The second-order valence-electron chi connectivity index (χ2n) is 3.65. The summed E-state index contributed by atoms with van der Waals surface area (Å²) in [7, 11) is 0. The average molecular weight is 213 g/mol. The van der Waals surface area contributed by atoms with Crippen LogP contribution in [0.2, 0.25) is 0 Å². The van der Waals surface area contributed by atoms with E-state index in [4.69, 9.17) is 0 Å². The summed E-state index contributed by atoms with van der Waals surface area (Å²) in [6.07, 6.45) is 2.81. The summed E-state index contributed by atoms with van der Waals surface area (Å²) in [4.78, 5) is 0. The topological polar surface area (TPSA) is 24.1 Å². The molecule has 1 saturated carbocycles. The van der Waals surface area contributed by atoms with Crippen LogP contribution in [-0.4, -0.2) is 25.2 Å². The molecule has 12 heavy (non-hydrogen) atoms. The molecule has 74 valence electrons. The van der Waals surface area contributed by atoms with Gasteiger partial charge in [0.25, 0.3) is 0 Å². The third kappa shape index (κ3) is 3.09. The van der Waals surface area contributed by atoms with E-state index < -0.39 is 0 Å². The highest BCUT2D eigenvalue weighted by Gasteiger charge is 2.29. The Morgan fingerprint density at radius 3 is 2.17 bits per heavy atom. The Bertz CT molecular complexity index is 124. The molecule has 0 radical (unpaired) electrons. The summed E-state index contributed by atoms with van der Waals surface area (Å²) in [6.45, 7) is 4.76. The van der Waals surface area contributed by atoms with E-state index in [0.717, 1.165) is 18.0 Å². The van der Waals surface area contributed by atoms with Crippen LogP contribution in [0.15, 0.2) is 0 Å². The van der Waals surface area contributed by atoms with Crippen molar-refractivity contribution >= 4 is 24.8 Å². The van der Waals surface area contributed by atoms with Crippen LogP contribution in [0, 0.1) is 5.92 Å². The van der Waals surface area contributed by atoms with Crippen molar-refractivity contribution in [1.29, 1.82) is 0 Å². The van der Waals surface area contributed by atoms with E-state index in [1.165, 1.54) is 25.9 Å². The van der Waals surface area contributed by atoms with Crippen molar-refractivity contribution in [3.8, 4) is 0 Å². The Balaban J connectivity index is 0.000000605. The molecule has 4 heteroatoms. The van der Waals surface area contributed by atoms with Crippen LogP contribution in [0.5, 0.6) is 0 Å². The lowest BCUT2D eigenvalue weighted by atomic mass is 9.95. The maximum atomic E-state index is 3.62. The number of nitrogens with one attached hydrogen (secondary N) is 2. The van der Waals surface area contributed by atoms with Crippen molar-refractivity contribution < 1.29 is 0 Å². The first-order valence-electron chi connectivity index (χ1n) is 4.33. The SMILES string of the molecule is C[C@@H](NC1CC1)C1CNC1.Cl.Cl. The van der Waals surface area contributed by atoms with E-state index in [1.54, 1.807) is 0 Å². The minimum absolute atomic E-state index is 0. The van der Waals surface area contributed by atoms with Gasteiger partial charge in [0.15, 0.2) is 0 Å². The molecule has 1 heterocycles. The maximum absolute atomic E-state index is 3.62. The molecule has 1 aliphatic heterocycles. The van der Waals surface area contributed by atoms with Gasteiger partial charge < -0.3 is 10.6 Å². The van der Waals surface area contributed by atoms with Crippen LogP contribution in [0.25, 0.3) is 0 Å². The van der Waals surface area contributed by atoms with E-state index in [1.807, 2.05) is 0 Å². The first-order chi connectivity index (χ1) is 4.86. The van der Waals surface area contributed by atoms with E-state index in [2.05, 4.69) is 17.6 Å². The minimum atomic E-state index is 0. The van der Waals surface area contributed by atoms with E-state index >= 15 is 0 Å².